The molecule has 3 heterocycles. The number of ether oxygens (including phenoxy) is 1. The van der Waals surface area contributed by atoms with Gasteiger partial charge in [-0.1, -0.05) is 0 Å². The van der Waals surface area contributed by atoms with Crippen molar-refractivity contribution in [3.63, 3.8) is 0 Å². The molecule has 0 N–H and O–H groups in total. The van der Waals surface area contributed by atoms with Gasteiger partial charge in [0.15, 0.2) is 0 Å². The van der Waals surface area contributed by atoms with E-state index in [1.165, 1.54) is 0 Å². The van der Waals surface area contributed by atoms with E-state index in [-0.39, 0.29) is 5.91 Å². The molecule has 1 fully saturated rings. The number of imidazole rings is 1. The van der Waals surface area contributed by atoms with E-state index in [0.717, 1.165) is 41.9 Å². The van der Waals surface area contributed by atoms with Crippen molar-refractivity contribution >= 4 is 11.7 Å². The zero-order valence-corrected chi connectivity index (χ0v) is 17.8. The number of benzene rings is 1. The summed E-state index contributed by atoms with van der Waals surface area (Å²) in [7, 11) is 1.62. The fourth-order valence-electron chi connectivity index (χ4n) is 3.61. The first-order valence-electron chi connectivity index (χ1n) is 10.0. The first-order chi connectivity index (χ1) is 14.5. The van der Waals surface area contributed by atoms with Crippen molar-refractivity contribution in [3.05, 3.63) is 59.4 Å². The fourth-order valence-corrected chi connectivity index (χ4v) is 3.61. The zero-order valence-electron chi connectivity index (χ0n) is 17.8. The van der Waals surface area contributed by atoms with E-state index >= 15 is 0 Å². The maximum atomic E-state index is 12.8. The molecule has 1 aliphatic heterocycles. The van der Waals surface area contributed by atoms with Gasteiger partial charge in [-0.15, -0.1) is 0 Å². The van der Waals surface area contributed by atoms with Gasteiger partial charge < -0.3 is 14.5 Å². The lowest BCUT2D eigenvalue weighted by Crippen LogP contribution is -2.49. The van der Waals surface area contributed by atoms with Gasteiger partial charge in [-0.25, -0.2) is 15.0 Å². The molecule has 8 heteroatoms. The summed E-state index contributed by atoms with van der Waals surface area (Å²) in [5, 5.41) is 0. The summed E-state index contributed by atoms with van der Waals surface area (Å²) in [6.07, 6.45) is 1.79. The summed E-state index contributed by atoms with van der Waals surface area (Å²) in [6, 6.07) is 9.23. The minimum Gasteiger partial charge on any atom is -0.497 e. The van der Waals surface area contributed by atoms with E-state index < -0.39 is 0 Å². The number of methoxy groups -OCH3 is 1. The summed E-state index contributed by atoms with van der Waals surface area (Å²) < 4.78 is 7.15. The minimum absolute atomic E-state index is 0.0429. The van der Waals surface area contributed by atoms with Gasteiger partial charge in [-0.3, -0.25) is 9.36 Å². The van der Waals surface area contributed by atoms with Crippen molar-refractivity contribution in [3.8, 4) is 11.6 Å². The Kier molecular flexibility index (Phi) is 5.39. The molecule has 0 aliphatic carbocycles. The summed E-state index contributed by atoms with van der Waals surface area (Å²) >= 11 is 0. The Morgan fingerprint density at radius 2 is 1.63 bits per heavy atom. The Labute approximate surface area is 176 Å². The largest absolute Gasteiger partial charge is 0.497 e. The highest BCUT2D eigenvalue weighted by Gasteiger charge is 2.23. The number of carbonyl (C=O) groups excluding carboxylic acids is 1. The van der Waals surface area contributed by atoms with Crippen LogP contribution in [-0.4, -0.2) is 63.6 Å². The third-order valence-corrected chi connectivity index (χ3v) is 5.54. The van der Waals surface area contributed by atoms with Crippen LogP contribution in [-0.2, 0) is 0 Å². The third-order valence-electron chi connectivity index (χ3n) is 5.54. The van der Waals surface area contributed by atoms with Crippen molar-refractivity contribution in [2.24, 2.45) is 0 Å². The second-order valence-corrected chi connectivity index (χ2v) is 7.42. The maximum absolute atomic E-state index is 12.8. The van der Waals surface area contributed by atoms with Crippen LogP contribution in [0.2, 0.25) is 0 Å². The molecule has 8 nitrogen and oxygen atoms in total. The normalized spacial score (nSPS) is 14.1. The fraction of sp³-hybridized carbons (Fsp3) is 0.364. The highest BCUT2D eigenvalue weighted by atomic mass is 16.5. The number of rotatable bonds is 4. The molecule has 0 atom stereocenters. The number of nitrogens with zero attached hydrogens (tertiary/aromatic N) is 6. The Balaban J connectivity index is 1.47. The molecule has 0 spiro atoms. The van der Waals surface area contributed by atoms with Gasteiger partial charge in [0.25, 0.3) is 5.91 Å². The smallest absolute Gasteiger partial charge is 0.253 e. The zero-order chi connectivity index (χ0) is 21.3. The summed E-state index contributed by atoms with van der Waals surface area (Å²) in [4.78, 5) is 30.5. The Hall–Kier alpha value is -3.42. The highest BCUT2D eigenvalue weighted by molar-refractivity contribution is 5.94. The van der Waals surface area contributed by atoms with Crippen LogP contribution in [0.3, 0.4) is 0 Å². The average molecular weight is 406 g/mol. The van der Waals surface area contributed by atoms with Gasteiger partial charge in [0.2, 0.25) is 0 Å². The molecule has 4 rings (SSSR count). The molecule has 0 saturated carbocycles. The molecule has 0 unspecified atom stereocenters. The highest BCUT2D eigenvalue weighted by Crippen LogP contribution is 2.20. The van der Waals surface area contributed by atoms with Crippen molar-refractivity contribution < 1.29 is 9.53 Å². The van der Waals surface area contributed by atoms with Gasteiger partial charge >= 0.3 is 0 Å². The van der Waals surface area contributed by atoms with Gasteiger partial charge in [-0.05, 0) is 45.0 Å². The molecule has 156 valence electrons. The number of carbonyl (C=O) groups is 1. The molecular formula is C22H26N6O2. The van der Waals surface area contributed by atoms with Gasteiger partial charge in [0.1, 0.15) is 29.5 Å². The summed E-state index contributed by atoms with van der Waals surface area (Å²) in [5.74, 6) is 3.19. The molecule has 1 aromatic carbocycles. The number of anilines is 1. The summed E-state index contributed by atoms with van der Waals surface area (Å²) in [6.45, 7) is 8.65. The van der Waals surface area contributed by atoms with Crippen LogP contribution in [0.4, 0.5) is 5.82 Å². The molecule has 2 aromatic heterocycles. The number of amides is 1. The molecule has 1 saturated heterocycles. The topological polar surface area (TPSA) is 76.4 Å². The molecule has 3 aromatic rings. The third kappa shape index (κ3) is 3.85. The summed E-state index contributed by atoms with van der Waals surface area (Å²) in [5.41, 5.74) is 2.72. The number of aromatic nitrogens is 4. The quantitative estimate of drug-likeness (QED) is 0.663. The first-order valence-corrected chi connectivity index (χ1v) is 10.0. The first kappa shape index (κ1) is 19.9. The number of hydrogen-bond donors (Lipinski definition) is 0. The van der Waals surface area contributed by atoms with E-state index in [1.807, 2.05) is 60.6 Å². The Morgan fingerprint density at radius 1 is 0.967 bits per heavy atom. The van der Waals surface area contributed by atoms with Crippen LogP contribution < -0.4 is 9.64 Å². The van der Waals surface area contributed by atoms with Crippen LogP contribution in [0.5, 0.6) is 5.75 Å². The second kappa shape index (κ2) is 8.14. The number of hydrogen-bond acceptors (Lipinski definition) is 6. The van der Waals surface area contributed by atoms with Gasteiger partial charge in [0, 0.05) is 43.5 Å². The lowest BCUT2D eigenvalue weighted by Gasteiger charge is -2.35. The lowest BCUT2D eigenvalue weighted by atomic mass is 10.1. The van der Waals surface area contributed by atoms with Gasteiger partial charge in [0.05, 0.1) is 12.8 Å². The van der Waals surface area contributed by atoms with E-state index in [9.17, 15) is 4.79 Å². The molecule has 1 amide bonds. The van der Waals surface area contributed by atoms with Crippen LogP contribution in [0.1, 0.15) is 27.6 Å². The van der Waals surface area contributed by atoms with Crippen molar-refractivity contribution in [1.29, 1.82) is 0 Å². The Bertz CT molecular complexity index is 1050. The predicted molar refractivity (Wildman–Crippen MR) is 114 cm³/mol. The maximum Gasteiger partial charge on any atom is 0.253 e. The van der Waals surface area contributed by atoms with Crippen molar-refractivity contribution in [2.45, 2.75) is 20.8 Å². The van der Waals surface area contributed by atoms with E-state index in [1.54, 1.807) is 13.4 Å². The van der Waals surface area contributed by atoms with Crippen molar-refractivity contribution in [1.82, 2.24) is 24.4 Å². The second-order valence-electron chi connectivity index (χ2n) is 7.42. The number of piperazine rings is 1. The van der Waals surface area contributed by atoms with E-state index in [0.29, 0.717) is 24.5 Å². The molecule has 0 bridgehead atoms. The SMILES string of the molecule is COc1ccc(C(=O)N2CCN(c3cc(-n4cnc(C)c4C)nc(C)n3)CC2)cc1. The number of aryl methyl sites for hydroxylation is 2. The van der Waals surface area contributed by atoms with Crippen LogP contribution in [0.15, 0.2) is 36.7 Å². The van der Waals surface area contributed by atoms with E-state index in [4.69, 9.17) is 4.74 Å². The standard InChI is InChI=1S/C22H26N6O2/c1-15-16(2)28(14-23-15)21-13-20(24-17(3)25-21)26-9-11-27(12-10-26)22(29)18-5-7-19(30-4)8-6-18/h5-8,13-14H,9-12H2,1-4H3. The average Bonchev–Trinajstić information content (AvgIpc) is 3.11. The van der Waals surface area contributed by atoms with Gasteiger partial charge in [-0.2, -0.15) is 0 Å². The van der Waals surface area contributed by atoms with Crippen LogP contribution in [0, 0.1) is 20.8 Å². The molecular weight excluding hydrogens is 380 g/mol. The minimum atomic E-state index is 0.0429. The Morgan fingerprint density at radius 3 is 2.23 bits per heavy atom. The molecule has 1 aliphatic rings. The molecule has 30 heavy (non-hydrogen) atoms. The monoisotopic (exact) mass is 406 g/mol. The molecule has 0 radical (unpaired) electrons. The lowest BCUT2D eigenvalue weighted by molar-refractivity contribution is 0.0746. The van der Waals surface area contributed by atoms with Crippen LogP contribution in [0.25, 0.3) is 5.82 Å². The van der Waals surface area contributed by atoms with Crippen LogP contribution >= 0.6 is 0 Å². The van der Waals surface area contributed by atoms with E-state index in [2.05, 4.69) is 19.9 Å². The van der Waals surface area contributed by atoms with Crippen molar-refractivity contribution in [2.75, 3.05) is 38.2 Å². The predicted octanol–water partition coefficient (Wildman–Crippen LogP) is 2.56.